The Morgan fingerprint density at radius 1 is 1.32 bits per heavy atom. The second kappa shape index (κ2) is 9.55. The summed E-state index contributed by atoms with van der Waals surface area (Å²) in [7, 11) is 0. The van der Waals surface area contributed by atoms with Crippen LogP contribution in [0.25, 0.3) is 0 Å². The molecule has 0 saturated carbocycles. The van der Waals surface area contributed by atoms with Gasteiger partial charge in [0.1, 0.15) is 5.01 Å². The molecule has 5 nitrogen and oxygen atoms in total. The van der Waals surface area contributed by atoms with E-state index in [1.54, 1.807) is 11.8 Å². The predicted octanol–water partition coefficient (Wildman–Crippen LogP) is 2.99. The Hall–Kier alpha value is -1.44. The van der Waals surface area contributed by atoms with Crippen molar-refractivity contribution in [1.29, 1.82) is 0 Å². The molecule has 0 fully saturated rings. The molecule has 1 heterocycles. The van der Waals surface area contributed by atoms with Gasteiger partial charge < -0.3 is 4.74 Å². The zero-order chi connectivity index (χ0) is 15.6. The highest BCUT2D eigenvalue weighted by molar-refractivity contribution is 7.99. The lowest BCUT2D eigenvalue weighted by atomic mass is 10.2. The van der Waals surface area contributed by atoms with Gasteiger partial charge in [0.2, 0.25) is 11.0 Å². The number of hydrogen-bond donors (Lipinski definition) is 1. The Kier molecular flexibility index (Phi) is 7.35. The fraction of sp³-hybridized carbons (Fsp3) is 0.400. The molecular formula is C15H19N3O2S2. The second-order valence-corrected chi connectivity index (χ2v) is 6.52. The van der Waals surface area contributed by atoms with Gasteiger partial charge in [0.05, 0.1) is 12.4 Å². The van der Waals surface area contributed by atoms with Crippen LogP contribution < -0.4 is 5.32 Å². The van der Waals surface area contributed by atoms with Gasteiger partial charge in [-0.1, -0.05) is 41.7 Å². The van der Waals surface area contributed by atoms with Crippen molar-refractivity contribution in [3.05, 3.63) is 40.9 Å². The van der Waals surface area contributed by atoms with Gasteiger partial charge in [0.25, 0.3) is 0 Å². The fourth-order valence-electron chi connectivity index (χ4n) is 1.70. The summed E-state index contributed by atoms with van der Waals surface area (Å²) in [6, 6.07) is 10.1. The Bertz CT molecular complexity index is 575. The number of anilines is 1. The number of benzene rings is 1. The molecule has 0 aliphatic rings. The zero-order valence-corrected chi connectivity index (χ0v) is 14.1. The molecule has 1 aromatic heterocycles. The lowest BCUT2D eigenvalue weighted by Crippen LogP contribution is -2.13. The van der Waals surface area contributed by atoms with Crippen LogP contribution in [0.3, 0.4) is 0 Å². The molecule has 118 valence electrons. The Balaban J connectivity index is 1.68. The minimum Gasteiger partial charge on any atom is -0.381 e. The minimum absolute atomic E-state index is 0.0477. The standard InChI is InChI=1S/C15H19N3O2S2/c1-2-20-9-8-14-17-18-15(22-14)16-13(19)11-21-10-12-6-4-3-5-7-12/h3-7H,2,8-11H2,1H3,(H,16,18,19). The molecule has 0 unspecified atom stereocenters. The Labute approximate surface area is 138 Å². The molecule has 0 saturated heterocycles. The Morgan fingerprint density at radius 2 is 2.14 bits per heavy atom. The van der Waals surface area contributed by atoms with Crippen LogP contribution in [0.4, 0.5) is 5.13 Å². The van der Waals surface area contributed by atoms with Gasteiger partial charge in [-0.2, -0.15) is 0 Å². The van der Waals surface area contributed by atoms with Crippen molar-refractivity contribution in [3.8, 4) is 0 Å². The summed E-state index contributed by atoms with van der Waals surface area (Å²) in [4.78, 5) is 11.9. The number of nitrogens with one attached hydrogen (secondary N) is 1. The van der Waals surface area contributed by atoms with Crippen molar-refractivity contribution in [2.75, 3.05) is 24.3 Å². The average molecular weight is 337 g/mol. The highest BCUT2D eigenvalue weighted by Gasteiger charge is 2.08. The van der Waals surface area contributed by atoms with Gasteiger partial charge in [-0.05, 0) is 12.5 Å². The molecule has 1 amide bonds. The van der Waals surface area contributed by atoms with Gasteiger partial charge in [-0.3, -0.25) is 10.1 Å². The maximum absolute atomic E-state index is 11.9. The maximum Gasteiger partial charge on any atom is 0.236 e. The molecule has 0 aliphatic carbocycles. The van der Waals surface area contributed by atoms with Crippen LogP contribution in [0.15, 0.2) is 30.3 Å². The van der Waals surface area contributed by atoms with E-state index in [0.717, 1.165) is 17.2 Å². The number of carbonyl (C=O) groups excluding carboxylic acids is 1. The van der Waals surface area contributed by atoms with Crippen LogP contribution in [0.1, 0.15) is 17.5 Å². The zero-order valence-electron chi connectivity index (χ0n) is 12.4. The van der Waals surface area contributed by atoms with Gasteiger partial charge in [0.15, 0.2) is 0 Å². The molecule has 0 aliphatic heterocycles. The van der Waals surface area contributed by atoms with Gasteiger partial charge in [-0.15, -0.1) is 22.0 Å². The highest BCUT2D eigenvalue weighted by atomic mass is 32.2. The number of carbonyl (C=O) groups is 1. The molecule has 0 bridgehead atoms. The third kappa shape index (κ3) is 6.13. The van der Waals surface area contributed by atoms with E-state index >= 15 is 0 Å². The second-order valence-electron chi connectivity index (χ2n) is 4.47. The molecular weight excluding hydrogens is 318 g/mol. The van der Waals surface area contributed by atoms with E-state index in [1.165, 1.54) is 16.9 Å². The van der Waals surface area contributed by atoms with Crippen LogP contribution in [0.2, 0.25) is 0 Å². The molecule has 1 aromatic carbocycles. The van der Waals surface area contributed by atoms with Crippen molar-refractivity contribution < 1.29 is 9.53 Å². The molecule has 2 aromatic rings. The number of aromatic nitrogens is 2. The average Bonchev–Trinajstić information content (AvgIpc) is 2.96. The van der Waals surface area contributed by atoms with Crippen molar-refractivity contribution >= 4 is 34.1 Å². The third-order valence-corrected chi connectivity index (χ3v) is 4.62. The monoisotopic (exact) mass is 337 g/mol. The van der Waals surface area contributed by atoms with Crippen LogP contribution >= 0.6 is 23.1 Å². The molecule has 0 radical (unpaired) electrons. The van der Waals surface area contributed by atoms with E-state index < -0.39 is 0 Å². The summed E-state index contributed by atoms with van der Waals surface area (Å²) in [6.07, 6.45) is 0.726. The highest BCUT2D eigenvalue weighted by Crippen LogP contribution is 2.17. The van der Waals surface area contributed by atoms with E-state index in [2.05, 4.69) is 27.6 Å². The maximum atomic E-state index is 11.9. The third-order valence-electron chi connectivity index (χ3n) is 2.72. The quantitative estimate of drug-likeness (QED) is 0.713. The number of amides is 1. The van der Waals surface area contributed by atoms with Crippen molar-refractivity contribution in [1.82, 2.24) is 10.2 Å². The van der Waals surface area contributed by atoms with Crippen molar-refractivity contribution in [3.63, 3.8) is 0 Å². The van der Waals surface area contributed by atoms with Gasteiger partial charge >= 0.3 is 0 Å². The van der Waals surface area contributed by atoms with E-state index in [-0.39, 0.29) is 5.91 Å². The topological polar surface area (TPSA) is 64.1 Å². The van der Waals surface area contributed by atoms with Gasteiger partial charge in [0, 0.05) is 18.8 Å². The van der Waals surface area contributed by atoms with E-state index in [0.29, 0.717) is 24.1 Å². The first-order chi connectivity index (χ1) is 10.8. The smallest absolute Gasteiger partial charge is 0.236 e. The fourth-order valence-corrected chi connectivity index (χ4v) is 3.22. The minimum atomic E-state index is -0.0477. The van der Waals surface area contributed by atoms with Gasteiger partial charge in [-0.25, -0.2) is 0 Å². The number of nitrogens with zero attached hydrogens (tertiary/aromatic N) is 2. The largest absolute Gasteiger partial charge is 0.381 e. The summed E-state index contributed by atoms with van der Waals surface area (Å²) in [6.45, 7) is 3.28. The summed E-state index contributed by atoms with van der Waals surface area (Å²) in [5.41, 5.74) is 1.22. The van der Waals surface area contributed by atoms with E-state index in [4.69, 9.17) is 4.74 Å². The predicted molar refractivity (Wildman–Crippen MR) is 91.3 cm³/mol. The first-order valence-corrected chi connectivity index (χ1v) is 9.06. The molecule has 2 rings (SSSR count). The molecule has 0 atom stereocenters. The lowest BCUT2D eigenvalue weighted by molar-refractivity contribution is -0.113. The van der Waals surface area contributed by atoms with Crippen LogP contribution in [-0.4, -0.2) is 35.1 Å². The van der Waals surface area contributed by atoms with E-state index in [1.807, 2.05) is 25.1 Å². The number of hydrogen-bond acceptors (Lipinski definition) is 6. The van der Waals surface area contributed by atoms with Crippen LogP contribution in [0, 0.1) is 0 Å². The first kappa shape index (κ1) is 16.9. The molecule has 1 N–H and O–H groups in total. The summed E-state index contributed by atoms with van der Waals surface area (Å²) in [5, 5.41) is 12.2. The van der Waals surface area contributed by atoms with E-state index in [9.17, 15) is 4.79 Å². The molecule has 7 heteroatoms. The summed E-state index contributed by atoms with van der Waals surface area (Å²) >= 11 is 2.98. The number of ether oxygens (including phenoxy) is 1. The van der Waals surface area contributed by atoms with Crippen LogP contribution in [0.5, 0.6) is 0 Å². The normalized spacial score (nSPS) is 10.6. The Morgan fingerprint density at radius 3 is 2.91 bits per heavy atom. The summed E-state index contributed by atoms with van der Waals surface area (Å²) < 4.78 is 5.27. The number of rotatable bonds is 9. The van der Waals surface area contributed by atoms with Crippen molar-refractivity contribution in [2.24, 2.45) is 0 Å². The van der Waals surface area contributed by atoms with Crippen molar-refractivity contribution in [2.45, 2.75) is 19.1 Å². The number of thioether (sulfide) groups is 1. The lowest BCUT2D eigenvalue weighted by Gasteiger charge is -2.02. The molecule has 0 spiro atoms. The van der Waals surface area contributed by atoms with Crippen LogP contribution in [-0.2, 0) is 21.7 Å². The molecule has 22 heavy (non-hydrogen) atoms. The summed E-state index contributed by atoms with van der Waals surface area (Å²) in [5.74, 6) is 1.18. The SMILES string of the molecule is CCOCCc1nnc(NC(=O)CSCc2ccccc2)s1. The first-order valence-electron chi connectivity index (χ1n) is 7.09.